The molecule has 114 valence electrons. The fourth-order valence-corrected chi connectivity index (χ4v) is 3.60. The van der Waals surface area contributed by atoms with Gasteiger partial charge in [-0.3, -0.25) is 0 Å². The number of hydrogen-bond acceptors (Lipinski definition) is 6. The molecular formula is C17H12N2O3S. The van der Waals surface area contributed by atoms with E-state index in [2.05, 4.69) is 9.97 Å². The molecule has 4 aromatic rings. The smallest absolute Gasteiger partial charge is 0.132 e. The Labute approximate surface area is 135 Å². The SMILES string of the molecule is COc1cccc(O)c1-c1ncnc2cc(-c3ccoc3)sc12. The Morgan fingerprint density at radius 2 is 2.13 bits per heavy atom. The second-order valence-electron chi connectivity index (χ2n) is 4.91. The molecule has 0 atom stereocenters. The first-order valence-electron chi connectivity index (χ1n) is 6.91. The van der Waals surface area contributed by atoms with Crippen LogP contribution in [0.5, 0.6) is 11.5 Å². The molecule has 0 amide bonds. The Morgan fingerprint density at radius 1 is 1.22 bits per heavy atom. The average Bonchev–Trinajstić information content (AvgIpc) is 3.23. The predicted octanol–water partition coefficient (Wildman–Crippen LogP) is 4.33. The molecule has 0 saturated carbocycles. The molecule has 0 radical (unpaired) electrons. The van der Waals surface area contributed by atoms with E-state index < -0.39 is 0 Å². The van der Waals surface area contributed by atoms with E-state index in [4.69, 9.17) is 9.15 Å². The third-order valence-electron chi connectivity index (χ3n) is 3.58. The Balaban J connectivity index is 1.98. The maximum Gasteiger partial charge on any atom is 0.132 e. The first-order valence-corrected chi connectivity index (χ1v) is 7.73. The fourth-order valence-electron chi connectivity index (χ4n) is 2.51. The van der Waals surface area contributed by atoms with Crippen molar-refractivity contribution in [2.75, 3.05) is 7.11 Å². The number of phenolic OH excluding ortho intramolecular Hbond substituents is 1. The van der Waals surface area contributed by atoms with Crippen molar-refractivity contribution in [2.24, 2.45) is 0 Å². The highest BCUT2D eigenvalue weighted by molar-refractivity contribution is 7.22. The van der Waals surface area contributed by atoms with Gasteiger partial charge in [0.15, 0.2) is 0 Å². The third-order valence-corrected chi connectivity index (χ3v) is 4.76. The number of ether oxygens (including phenoxy) is 1. The summed E-state index contributed by atoms with van der Waals surface area (Å²) >= 11 is 1.55. The van der Waals surface area contributed by atoms with Crippen LogP contribution >= 0.6 is 11.3 Å². The minimum atomic E-state index is 0.127. The standard InChI is InChI=1S/C17H12N2O3S/c1-21-13-4-2-3-12(20)15(13)16-17-11(18-9-19-16)7-14(23-17)10-5-6-22-8-10/h2-9,20H,1H3. The van der Waals surface area contributed by atoms with E-state index in [9.17, 15) is 5.11 Å². The largest absolute Gasteiger partial charge is 0.507 e. The Hall–Kier alpha value is -2.86. The van der Waals surface area contributed by atoms with Crippen LogP contribution in [0, 0.1) is 0 Å². The molecule has 0 fully saturated rings. The highest BCUT2D eigenvalue weighted by Crippen LogP contribution is 2.43. The molecule has 3 heterocycles. The molecule has 0 aliphatic heterocycles. The van der Waals surface area contributed by atoms with Gasteiger partial charge in [-0.2, -0.15) is 0 Å². The zero-order chi connectivity index (χ0) is 15.8. The van der Waals surface area contributed by atoms with Crippen molar-refractivity contribution in [1.29, 1.82) is 0 Å². The topological polar surface area (TPSA) is 68.4 Å². The summed E-state index contributed by atoms with van der Waals surface area (Å²) in [7, 11) is 1.57. The van der Waals surface area contributed by atoms with E-state index in [0.29, 0.717) is 17.0 Å². The maximum absolute atomic E-state index is 10.3. The molecular weight excluding hydrogens is 312 g/mol. The van der Waals surface area contributed by atoms with Crippen LogP contribution in [-0.2, 0) is 0 Å². The first kappa shape index (κ1) is 13.8. The minimum Gasteiger partial charge on any atom is -0.507 e. The zero-order valence-electron chi connectivity index (χ0n) is 12.2. The van der Waals surface area contributed by atoms with Crippen molar-refractivity contribution in [3.63, 3.8) is 0 Å². The van der Waals surface area contributed by atoms with Gasteiger partial charge in [-0.1, -0.05) is 6.07 Å². The van der Waals surface area contributed by atoms with Crippen LogP contribution in [0.1, 0.15) is 0 Å². The monoisotopic (exact) mass is 324 g/mol. The molecule has 1 N–H and O–H groups in total. The minimum absolute atomic E-state index is 0.127. The van der Waals surface area contributed by atoms with Gasteiger partial charge in [0.05, 0.1) is 41.1 Å². The molecule has 0 aliphatic carbocycles. The van der Waals surface area contributed by atoms with E-state index in [1.807, 2.05) is 12.1 Å². The number of benzene rings is 1. The second kappa shape index (κ2) is 5.40. The van der Waals surface area contributed by atoms with Crippen LogP contribution in [0.3, 0.4) is 0 Å². The molecule has 23 heavy (non-hydrogen) atoms. The lowest BCUT2D eigenvalue weighted by Crippen LogP contribution is -1.91. The van der Waals surface area contributed by atoms with Crippen LogP contribution in [0.4, 0.5) is 0 Å². The van der Waals surface area contributed by atoms with Gasteiger partial charge in [0.1, 0.15) is 17.8 Å². The molecule has 0 aliphatic rings. The van der Waals surface area contributed by atoms with E-state index in [0.717, 1.165) is 20.7 Å². The van der Waals surface area contributed by atoms with Gasteiger partial charge in [0.2, 0.25) is 0 Å². The van der Waals surface area contributed by atoms with E-state index in [1.165, 1.54) is 6.33 Å². The molecule has 6 heteroatoms. The van der Waals surface area contributed by atoms with Crippen LogP contribution in [0.25, 0.3) is 31.9 Å². The predicted molar refractivity (Wildman–Crippen MR) is 88.8 cm³/mol. The molecule has 4 rings (SSSR count). The molecule has 0 bridgehead atoms. The van der Waals surface area contributed by atoms with E-state index in [-0.39, 0.29) is 5.75 Å². The van der Waals surface area contributed by atoms with Crippen molar-refractivity contribution < 1.29 is 14.3 Å². The summed E-state index contributed by atoms with van der Waals surface area (Å²) in [6, 6.07) is 9.05. The van der Waals surface area contributed by atoms with Crippen molar-refractivity contribution in [2.45, 2.75) is 0 Å². The molecule has 0 spiro atoms. The summed E-state index contributed by atoms with van der Waals surface area (Å²) in [5, 5.41) is 10.3. The number of rotatable bonds is 3. The third kappa shape index (κ3) is 2.24. The number of fused-ring (bicyclic) bond motifs is 1. The quantitative estimate of drug-likeness (QED) is 0.607. The summed E-state index contributed by atoms with van der Waals surface area (Å²) in [6.07, 6.45) is 4.83. The normalized spacial score (nSPS) is 11.0. The number of aromatic nitrogens is 2. The molecule has 5 nitrogen and oxygen atoms in total. The number of phenols is 1. The molecule has 1 aromatic carbocycles. The van der Waals surface area contributed by atoms with Gasteiger partial charge >= 0.3 is 0 Å². The van der Waals surface area contributed by atoms with Gasteiger partial charge in [-0.15, -0.1) is 11.3 Å². The zero-order valence-corrected chi connectivity index (χ0v) is 13.0. The number of hydrogen-bond donors (Lipinski definition) is 1. The lowest BCUT2D eigenvalue weighted by Gasteiger charge is -2.10. The van der Waals surface area contributed by atoms with Crippen molar-refractivity contribution in [3.05, 3.63) is 49.2 Å². The van der Waals surface area contributed by atoms with Crippen LogP contribution in [0.2, 0.25) is 0 Å². The van der Waals surface area contributed by atoms with Gasteiger partial charge in [-0.05, 0) is 24.3 Å². The van der Waals surface area contributed by atoms with Crippen LogP contribution < -0.4 is 4.74 Å². The highest BCUT2D eigenvalue weighted by atomic mass is 32.1. The lowest BCUT2D eigenvalue weighted by molar-refractivity contribution is 0.410. The molecule has 0 unspecified atom stereocenters. The summed E-state index contributed by atoms with van der Waals surface area (Å²) in [5.74, 6) is 0.700. The Kier molecular flexibility index (Phi) is 3.24. The van der Waals surface area contributed by atoms with Gasteiger partial charge in [0, 0.05) is 10.4 Å². The van der Waals surface area contributed by atoms with Crippen LogP contribution in [0.15, 0.2) is 53.6 Å². The summed E-state index contributed by atoms with van der Waals surface area (Å²) in [6.45, 7) is 0. The van der Waals surface area contributed by atoms with E-state index in [1.54, 1.807) is 49.2 Å². The number of methoxy groups -OCH3 is 1. The van der Waals surface area contributed by atoms with E-state index >= 15 is 0 Å². The Morgan fingerprint density at radius 3 is 2.91 bits per heavy atom. The summed E-state index contributed by atoms with van der Waals surface area (Å²) in [4.78, 5) is 9.74. The highest BCUT2D eigenvalue weighted by Gasteiger charge is 2.18. The molecule has 3 aromatic heterocycles. The van der Waals surface area contributed by atoms with Crippen LogP contribution in [-0.4, -0.2) is 22.2 Å². The lowest BCUT2D eigenvalue weighted by atomic mass is 10.1. The number of nitrogens with zero attached hydrogens (tertiary/aromatic N) is 2. The second-order valence-corrected chi connectivity index (χ2v) is 5.97. The Bertz CT molecular complexity index is 977. The van der Waals surface area contributed by atoms with Gasteiger partial charge in [-0.25, -0.2) is 9.97 Å². The number of furan rings is 1. The number of thiophene rings is 1. The van der Waals surface area contributed by atoms with Crippen molar-refractivity contribution in [1.82, 2.24) is 9.97 Å². The maximum atomic E-state index is 10.3. The number of aromatic hydroxyl groups is 1. The summed E-state index contributed by atoms with van der Waals surface area (Å²) in [5.41, 5.74) is 3.04. The fraction of sp³-hybridized carbons (Fsp3) is 0.0588. The van der Waals surface area contributed by atoms with Gasteiger partial charge in [0.25, 0.3) is 0 Å². The van der Waals surface area contributed by atoms with Crippen molar-refractivity contribution >= 4 is 21.6 Å². The first-order chi connectivity index (χ1) is 11.3. The van der Waals surface area contributed by atoms with Crippen molar-refractivity contribution in [3.8, 4) is 33.2 Å². The summed E-state index contributed by atoms with van der Waals surface area (Å²) < 4.78 is 11.4. The van der Waals surface area contributed by atoms with Gasteiger partial charge < -0.3 is 14.3 Å². The average molecular weight is 324 g/mol. The molecule has 0 saturated heterocycles.